The van der Waals surface area contributed by atoms with Crippen LogP contribution in [0.4, 0.5) is 5.69 Å². The lowest BCUT2D eigenvalue weighted by molar-refractivity contribution is 0.0981. The van der Waals surface area contributed by atoms with E-state index in [1.165, 1.54) is 18.5 Å². The first-order chi connectivity index (χ1) is 10.4. The number of nitrogens with one attached hydrogen (secondary N) is 1. The van der Waals surface area contributed by atoms with Crippen molar-refractivity contribution < 1.29 is 9.47 Å². The van der Waals surface area contributed by atoms with Crippen molar-refractivity contribution in [3.63, 3.8) is 0 Å². The average molecular weight is 290 g/mol. The highest BCUT2D eigenvalue weighted by molar-refractivity contribution is 5.49. The third-order valence-corrected chi connectivity index (χ3v) is 4.28. The molecule has 0 bridgehead atoms. The van der Waals surface area contributed by atoms with Crippen LogP contribution in [0.3, 0.4) is 0 Å². The van der Waals surface area contributed by atoms with E-state index in [4.69, 9.17) is 9.47 Å². The highest BCUT2D eigenvalue weighted by atomic mass is 16.5. The Labute approximate surface area is 127 Å². The fraction of sp³-hybridized carbons (Fsp3) is 0.647. The molecule has 0 aromatic heterocycles. The molecular formula is C17H26N2O2. The molecule has 1 atom stereocenters. The minimum absolute atomic E-state index is 0.476. The van der Waals surface area contributed by atoms with Crippen LogP contribution >= 0.6 is 0 Å². The van der Waals surface area contributed by atoms with Gasteiger partial charge >= 0.3 is 0 Å². The van der Waals surface area contributed by atoms with E-state index in [-0.39, 0.29) is 0 Å². The van der Waals surface area contributed by atoms with Gasteiger partial charge in [0.25, 0.3) is 0 Å². The SMILES string of the molecule is c1cc(N2CCNCC2)ccc1OCCCC1CCCO1. The smallest absolute Gasteiger partial charge is 0.119 e. The van der Waals surface area contributed by atoms with Crippen LogP contribution in [-0.2, 0) is 4.74 Å². The topological polar surface area (TPSA) is 33.7 Å². The highest BCUT2D eigenvalue weighted by Crippen LogP contribution is 2.21. The number of rotatable bonds is 6. The largest absolute Gasteiger partial charge is 0.494 e. The quantitative estimate of drug-likeness (QED) is 0.816. The number of nitrogens with zero attached hydrogens (tertiary/aromatic N) is 1. The first kappa shape index (κ1) is 14.7. The van der Waals surface area contributed by atoms with Gasteiger partial charge in [-0.15, -0.1) is 0 Å². The molecule has 2 heterocycles. The molecule has 2 aliphatic rings. The third-order valence-electron chi connectivity index (χ3n) is 4.28. The maximum atomic E-state index is 5.82. The summed E-state index contributed by atoms with van der Waals surface area (Å²) < 4.78 is 11.4. The Balaban J connectivity index is 1.39. The summed E-state index contributed by atoms with van der Waals surface area (Å²) in [6, 6.07) is 8.51. The molecule has 1 aromatic carbocycles. The average Bonchev–Trinajstić information content (AvgIpc) is 3.06. The molecule has 116 valence electrons. The lowest BCUT2D eigenvalue weighted by Crippen LogP contribution is -2.43. The molecule has 0 aliphatic carbocycles. The second kappa shape index (κ2) is 7.66. The minimum atomic E-state index is 0.476. The van der Waals surface area contributed by atoms with Gasteiger partial charge in [0.15, 0.2) is 0 Å². The van der Waals surface area contributed by atoms with Crippen LogP contribution in [0.15, 0.2) is 24.3 Å². The molecular weight excluding hydrogens is 264 g/mol. The number of anilines is 1. The lowest BCUT2D eigenvalue weighted by Gasteiger charge is -2.29. The fourth-order valence-electron chi connectivity index (χ4n) is 3.05. The van der Waals surface area contributed by atoms with E-state index in [1.807, 2.05) is 0 Å². The predicted molar refractivity (Wildman–Crippen MR) is 85.2 cm³/mol. The van der Waals surface area contributed by atoms with Gasteiger partial charge in [0.1, 0.15) is 5.75 Å². The number of hydrogen-bond donors (Lipinski definition) is 1. The molecule has 4 nitrogen and oxygen atoms in total. The van der Waals surface area contributed by atoms with Crippen molar-refractivity contribution in [1.82, 2.24) is 5.32 Å². The van der Waals surface area contributed by atoms with Crippen molar-refractivity contribution in [3.05, 3.63) is 24.3 Å². The Morgan fingerprint density at radius 1 is 1.19 bits per heavy atom. The van der Waals surface area contributed by atoms with Gasteiger partial charge in [-0.3, -0.25) is 0 Å². The van der Waals surface area contributed by atoms with Gasteiger partial charge in [0.2, 0.25) is 0 Å². The predicted octanol–water partition coefficient (Wildman–Crippen LogP) is 2.43. The van der Waals surface area contributed by atoms with Crippen molar-refractivity contribution in [1.29, 1.82) is 0 Å². The Kier molecular flexibility index (Phi) is 5.35. The second-order valence-electron chi connectivity index (χ2n) is 5.86. The van der Waals surface area contributed by atoms with E-state index in [9.17, 15) is 0 Å². The molecule has 1 unspecified atom stereocenters. The summed E-state index contributed by atoms with van der Waals surface area (Å²) in [6.45, 7) is 6.04. The van der Waals surface area contributed by atoms with Crippen molar-refractivity contribution in [3.8, 4) is 5.75 Å². The van der Waals surface area contributed by atoms with Crippen molar-refractivity contribution >= 4 is 5.69 Å². The molecule has 0 radical (unpaired) electrons. The van der Waals surface area contributed by atoms with Gasteiger partial charge in [-0.1, -0.05) is 0 Å². The van der Waals surface area contributed by atoms with Crippen molar-refractivity contribution in [2.45, 2.75) is 31.8 Å². The maximum Gasteiger partial charge on any atom is 0.119 e. The Morgan fingerprint density at radius 2 is 2.00 bits per heavy atom. The molecule has 0 saturated carbocycles. The van der Waals surface area contributed by atoms with E-state index in [2.05, 4.69) is 34.5 Å². The van der Waals surface area contributed by atoms with Gasteiger partial charge < -0.3 is 19.7 Å². The van der Waals surface area contributed by atoms with E-state index in [1.54, 1.807) is 0 Å². The summed E-state index contributed by atoms with van der Waals surface area (Å²) in [5, 5.41) is 3.38. The standard InChI is InChI=1S/C17H26N2O2/c1-3-16(20-13-1)4-2-14-21-17-7-5-15(6-8-17)19-11-9-18-10-12-19/h5-8,16,18H,1-4,9-14H2. The zero-order chi connectivity index (χ0) is 14.3. The molecule has 2 saturated heterocycles. The van der Waals surface area contributed by atoms with Gasteiger partial charge in [-0.25, -0.2) is 0 Å². The van der Waals surface area contributed by atoms with Crippen LogP contribution < -0.4 is 15.0 Å². The Bertz CT molecular complexity index is 409. The molecule has 21 heavy (non-hydrogen) atoms. The number of hydrogen-bond acceptors (Lipinski definition) is 4. The summed E-state index contributed by atoms with van der Waals surface area (Å²) >= 11 is 0. The van der Waals surface area contributed by atoms with Crippen LogP contribution in [0.5, 0.6) is 5.75 Å². The van der Waals surface area contributed by atoms with Gasteiger partial charge in [-0.2, -0.15) is 0 Å². The normalized spacial score (nSPS) is 22.5. The minimum Gasteiger partial charge on any atom is -0.494 e. The van der Waals surface area contributed by atoms with E-state index in [0.717, 1.165) is 58.0 Å². The summed E-state index contributed by atoms with van der Waals surface area (Å²) in [5.74, 6) is 0.973. The lowest BCUT2D eigenvalue weighted by atomic mass is 10.1. The fourth-order valence-corrected chi connectivity index (χ4v) is 3.05. The van der Waals surface area contributed by atoms with E-state index < -0.39 is 0 Å². The maximum absolute atomic E-state index is 5.82. The molecule has 4 heteroatoms. The molecule has 1 N–H and O–H groups in total. The van der Waals surface area contributed by atoms with Crippen LogP contribution in [0.2, 0.25) is 0 Å². The second-order valence-corrected chi connectivity index (χ2v) is 5.86. The van der Waals surface area contributed by atoms with Gasteiger partial charge in [-0.05, 0) is 49.9 Å². The summed E-state index contributed by atoms with van der Waals surface area (Å²) in [4.78, 5) is 2.41. The van der Waals surface area contributed by atoms with Crippen LogP contribution in [0.25, 0.3) is 0 Å². The molecule has 0 amide bonds. The zero-order valence-corrected chi connectivity index (χ0v) is 12.7. The molecule has 2 aliphatic heterocycles. The Morgan fingerprint density at radius 3 is 2.71 bits per heavy atom. The first-order valence-electron chi connectivity index (χ1n) is 8.22. The molecule has 1 aromatic rings. The van der Waals surface area contributed by atoms with E-state index in [0.29, 0.717) is 6.10 Å². The summed E-state index contributed by atoms with van der Waals surface area (Å²) in [5.41, 5.74) is 1.29. The molecule has 0 spiro atoms. The summed E-state index contributed by atoms with van der Waals surface area (Å²) in [6.07, 6.45) is 5.12. The monoisotopic (exact) mass is 290 g/mol. The van der Waals surface area contributed by atoms with Crippen LogP contribution in [0.1, 0.15) is 25.7 Å². The number of benzene rings is 1. The summed E-state index contributed by atoms with van der Waals surface area (Å²) in [7, 11) is 0. The molecule has 3 rings (SSSR count). The van der Waals surface area contributed by atoms with Gasteiger partial charge in [0, 0.05) is 38.5 Å². The zero-order valence-electron chi connectivity index (χ0n) is 12.7. The van der Waals surface area contributed by atoms with E-state index >= 15 is 0 Å². The Hall–Kier alpha value is -1.26. The third kappa shape index (κ3) is 4.35. The van der Waals surface area contributed by atoms with Gasteiger partial charge in [0.05, 0.1) is 12.7 Å². The van der Waals surface area contributed by atoms with Crippen molar-refractivity contribution in [2.24, 2.45) is 0 Å². The number of ether oxygens (including phenoxy) is 2. The highest BCUT2D eigenvalue weighted by Gasteiger charge is 2.14. The molecule has 2 fully saturated rings. The number of piperazine rings is 1. The van der Waals surface area contributed by atoms with Crippen molar-refractivity contribution in [2.75, 3.05) is 44.3 Å². The van der Waals surface area contributed by atoms with Crippen LogP contribution in [0, 0.1) is 0 Å². The van der Waals surface area contributed by atoms with Crippen LogP contribution in [-0.4, -0.2) is 45.5 Å². The first-order valence-corrected chi connectivity index (χ1v) is 8.22.